The maximum absolute atomic E-state index is 14.0. The highest BCUT2D eigenvalue weighted by Gasteiger charge is 2.46. The first-order valence-corrected chi connectivity index (χ1v) is 14.9. The maximum atomic E-state index is 14.0. The van der Waals surface area contributed by atoms with Crippen LogP contribution in [-0.2, 0) is 23.9 Å². The zero-order chi connectivity index (χ0) is 30.7. The minimum absolute atomic E-state index is 0.0789. The van der Waals surface area contributed by atoms with Crippen molar-refractivity contribution in [3.05, 3.63) is 41.0 Å². The van der Waals surface area contributed by atoms with Crippen LogP contribution < -0.4 is 10.6 Å². The van der Waals surface area contributed by atoms with Gasteiger partial charge < -0.3 is 20.3 Å². The van der Waals surface area contributed by atoms with Crippen LogP contribution in [0.1, 0.15) is 85.5 Å². The Morgan fingerprint density at radius 2 is 1.71 bits per heavy atom. The lowest BCUT2D eigenvalue weighted by Crippen LogP contribution is -2.58. The number of carbonyl (C=O) groups is 4. The molecule has 0 aliphatic carbocycles. The van der Waals surface area contributed by atoms with Gasteiger partial charge in [-0.25, -0.2) is 4.98 Å². The molecule has 0 saturated carbocycles. The van der Waals surface area contributed by atoms with E-state index in [1.54, 1.807) is 11.3 Å². The summed E-state index contributed by atoms with van der Waals surface area (Å²) in [6.45, 7) is 16.8. The molecule has 4 atom stereocenters. The predicted octanol–water partition coefficient (Wildman–Crippen LogP) is 4.80. The summed E-state index contributed by atoms with van der Waals surface area (Å²) in [6, 6.07) is 5.93. The number of carbonyl (C=O) groups excluding carboxylic acids is 4. The summed E-state index contributed by atoms with van der Waals surface area (Å²) in [7, 11) is 0. The molecule has 1 unspecified atom stereocenters. The average Bonchev–Trinajstić information content (AvgIpc) is 3.46. The van der Waals surface area contributed by atoms with E-state index in [0.29, 0.717) is 0 Å². The third kappa shape index (κ3) is 8.61. The first-order valence-electron chi connectivity index (χ1n) is 14.0. The van der Waals surface area contributed by atoms with E-state index in [2.05, 4.69) is 15.6 Å². The van der Waals surface area contributed by atoms with Gasteiger partial charge in [-0.1, -0.05) is 65.8 Å². The summed E-state index contributed by atoms with van der Waals surface area (Å²) < 4.78 is 5.43. The van der Waals surface area contributed by atoms with E-state index in [1.165, 1.54) is 11.8 Å². The largest absolute Gasteiger partial charge is 0.461 e. The lowest BCUT2D eigenvalue weighted by molar-refractivity contribution is -0.147. The quantitative estimate of drug-likeness (QED) is 0.431. The average molecular weight is 585 g/mol. The first-order chi connectivity index (χ1) is 19.0. The van der Waals surface area contributed by atoms with Crippen LogP contribution in [-0.4, -0.2) is 58.3 Å². The van der Waals surface area contributed by atoms with Gasteiger partial charge in [0.1, 0.15) is 18.2 Å². The highest BCUT2D eigenvalue weighted by molar-refractivity contribution is 7.13. The van der Waals surface area contributed by atoms with Crippen molar-refractivity contribution in [3.8, 4) is 10.4 Å². The number of nitrogens with one attached hydrogen (secondary N) is 2. The Hall–Kier alpha value is -3.27. The monoisotopic (exact) mass is 584 g/mol. The van der Waals surface area contributed by atoms with Crippen molar-refractivity contribution in [1.29, 1.82) is 0 Å². The molecule has 9 nitrogen and oxygen atoms in total. The molecule has 1 fully saturated rings. The second kappa shape index (κ2) is 12.7. The first kappa shape index (κ1) is 32.2. The zero-order valence-corrected chi connectivity index (χ0v) is 26.5. The maximum Gasteiger partial charge on any atom is 0.302 e. The minimum atomic E-state index is -0.858. The molecule has 1 aromatic heterocycles. The molecule has 1 aromatic carbocycles. The van der Waals surface area contributed by atoms with Gasteiger partial charge in [0, 0.05) is 19.8 Å². The molecular formula is C31H44N4O5S. The summed E-state index contributed by atoms with van der Waals surface area (Å²) in [5.41, 5.74) is 3.90. The Morgan fingerprint density at radius 3 is 2.22 bits per heavy atom. The summed E-state index contributed by atoms with van der Waals surface area (Å²) in [5.74, 6) is -1.41. The number of hydrogen-bond donors (Lipinski definition) is 2. The number of esters is 1. The molecule has 224 valence electrons. The second-order valence-electron chi connectivity index (χ2n) is 13.2. The van der Waals surface area contributed by atoms with E-state index in [1.807, 2.05) is 85.2 Å². The number of nitrogens with zero attached hydrogens (tertiary/aromatic N) is 2. The van der Waals surface area contributed by atoms with Gasteiger partial charge >= 0.3 is 5.97 Å². The Bertz CT molecular complexity index is 1260. The van der Waals surface area contributed by atoms with E-state index >= 15 is 0 Å². The van der Waals surface area contributed by atoms with Crippen LogP contribution in [0.2, 0.25) is 0 Å². The van der Waals surface area contributed by atoms with E-state index in [9.17, 15) is 19.2 Å². The van der Waals surface area contributed by atoms with Crippen molar-refractivity contribution < 1.29 is 23.9 Å². The molecule has 10 heteroatoms. The van der Waals surface area contributed by atoms with Crippen LogP contribution in [0, 0.1) is 17.8 Å². The van der Waals surface area contributed by atoms with Crippen molar-refractivity contribution in [2.24, 2.45) is 10.8 Å². The zero-order valence-electron chi connectivity index (χ0n) is 25.7. The summed E-state index contributed by atoms with van der Waals surface area (Å²) >= 11 is 1.58. The molecule has 1 aliphatic heterocycles. The molecule has 0 spiro atoms. The Labute approximate surface area is 247 Å². The summed E-state index contributed by atoms with van der Waals surface area (Å²) in [5, 5.41) is 5.96. The standard InChI is InChI=1S/C31H44N4O5S/c1-18(21-10-12-22(13-11-21)26-19(2)32-17-41-26)33-28(38)24-14-23(40-20(3)36)16-35(24)29(39)27(31(7,8)9)34-25(37)15-30(4,5)6/h10-13,17-18,23-24,27H,14-16H2,1-9H3,(H,33,38)(H,34,37)/t18-,23+,24-,27?/m0/s1. The molecule has 41 heavy (non-hydrogen) atoms. The number of likely N-dealkylation sites (tertiary alicyclic amines) is 1. The van der Waals surface area contributed by atoms with E-state index in [0.717, 1.165) is 21.7 Å². The highest BCUT2D eigenvalue weighted by Crippen LogP contribution is 2.30. The number of rotatable bonds is 8. The van der Waals surface area contributed by atoms with Crippen molar-refractivity contribution in [2.75, 3.05) is 6.54 Å². The number of thiazole rings is 1. The number of benzene rings is 1. The topological polar surface area (TPSA) is 118 Å². The van der Waals surface area contributed by atoms with Crippen molar-refractivity contribution in [3.63, 3.8) is 0 Å². The molecule has 2 aromatic rings. The van der Waals surface area contributed by atoms with Crippen LogP contribution in [0.25, 0.3) is 10.4 Å². The SMILES string of the molecule is CC(=O)O[C@@H]1C[C@@H](C(=O)N[C@@H](C)c2ccc(-c3scnc3C)cc2)N(C(=O)C(NC(=O)CC(C)(C)C)C(C)(C)C)C1. The number of hydrogen-bond acceptors (Lipinski definition) is 7. The Kier molecular flexibility index (Phi) is 10.00. The fourth-order valence-corrected chi connectivity index (χ4v) is 5.82. The second-order valence-corrected chi connectivity index (χ2v) is 14.1. The van der Waals surface area contributed by atoms with Gasteiger partial charge in [0.05, 0.1) is 28.7 Å². The molecule has 2 heterocycles. The van der Waals surface area contributed by atoms with Gasteiger partial charge in [-0.05, 0) is 35.8 Å². The molecule has 3 amide bonds. The number of amides is 3. The van der Waals surface area contributed by atoms with Crippen LogP contribution in [0.15, 0.2) is 29.8 Å². The lowest BCUT2D eigenvalue weighted by atomic mass is 9.84. The van der Waals surface area contributed by atoms with Gasteiger partial charge in [0.25, 0.3) is 0 Å². The van der Waals surface area contributed by atoms with Gasteiger partial charge in [-0.2, -0.15) is 0 Å². The fraction of sp³-hybridized carbons (Fsp3) is 0.581. The van der Waals surface area contributed by atoms with Gasteiger partial charge in [0.2, 0.25) is 17.7 Å². The van der Waals surface area contributed by atoms with Gasteiger partial charge in [0.15, 0.2) is 0 Å². The Morgan fingerprint density at radius 1 is 1.07 bits per heavy atom. The van der Waals surface area contributed by atoms with E-state index in [-0.39, 0.29) is 48.6 Å². The van der Waals surface area contributed by atoms with Crippen LogP contribution in [0.5, 0.6) is 0 Å². The smallest absolute Gasteiger partial charge is 0.302 e. The summed E-state index contributed by atoms with van der Waals surface area (Å²) in [6.07, 6.45) is -0.179. The number of aromatic nitrogens is 1. The molecule has 2 N–H and O–H groups in total. The van der Waals surface area contributed by atoms with Gasteiger partial charge in [-0.15, -0.1) is 11.3 Å². The third-order valence-corrected chi connectivity index (χ3v) is 8.05. The fourth-order valence-electron chi connectivity index (χ4n) is 5.01. The van der Waals surface area contributed by atoms with Gasteiger partial charge in [-0.3, -0.25) is 19.2 Å². The van der Waals surface area contributed by atoms with E-state index in [4.69, 9.17) is 4.74 Å². The molecular weight excluding hydrogens is 540 g/mol. The van der Waals surface area contributed by atoms with Crippen LogP contribution >= 0.6 is 11.3 Å². The normalized spacial score (nSPS) is 18.9. The third-order valence-electron chi connectivity index (χ3n) is 7.07. The highest BCUT2D eigenvalue weighted by atomic mass is 32.1. The predicted molar refractivity (Wildman–Crippen MR) is 160 cm³/mol. The lowest BCUT2D eigenvalue weighted by Gasteiger charge is -2.36. The van der Waals surface area contributed by atoms with Crippen LogP contribution in [0.4, 0.5) is 0 Å². The van der Waals surface area contributed by atoms with Crippen molar-refractivity contribution in [1.82, 2.24) is 20.5 Å². The molecule has 0 bridgehead atoms. The summed E-state index contributed by atoms with van der Waals surface area (Å²) in [4.78, 5) is 59.0. The number of ether oxygens (including phenoxy) is 1. The van der Waals surface area contributed by atoms with Crippen molar-refractivity contribution >= 4 is 35.0 Å². The number of aryl methyl sites for hydroxylation is 1. The molecule has 3 rings (SSSR count). The minimum Gasteiger partial charge on any atom is -0.461 e. The van der Waals surface area contributed by atoms with Crippen molar-refractivity contribution in [2.45, 2.75) is 99.4 Å². The molecule has 1 saturated heterocycles. The molecule has 0 radical (unpaired) electrons. The Balaban J connectivity index is 1.80. The van der Waals surface area contributed by atoms with E-state index < -0.39 is 29.6 Å². The van der Waals surface area contributed by atoms with Crippen LogP contribution in [0.3, 0.4) is 0 Å². The molecule has 1 aliphatic rings.